The lowest BCUT2D eigenvalue weighted by Gasteiger charge is -2.11. The highest BCUT2D eigenvalue weighted by molar-refractivity contribution is 7.90. The van der Waals surface area contributed by atoms with E-state index in [0.29, 0.717) is 12.1 Å². The predicted molar refractivity (Wildman–Crippen MR) is 109 cm³/mol. The number of hydrogen-bond donors (Lipinski definition) is 1. The molecule has 0 bridgehead atoms. The van der Waals surface area contributed by atoms with Crippen molar-refractivity contribution < 1.29 is 12.8 Å². The summed E-state index contributed by atoms with van der Waals surface area (Å²) in [5, 5.41) is 3.20. The Balaban J connectivity index is 0.00000182. The van der Waals surface area contributed by atoms with Crippen LogP contribution in [0, 0.1) is 5.82 Å². The van der Waals surface area contributed by atoms with Gasteiger partial charge in [-0.25, -0.2) is 16.8 Å². The molecule has 2 aromatic heterocycles. The van der Waals surface area contributed by atoms with Crippen LogP contribution in [0.4, 0.5) is 4.39 Å². The van der Waals surface area contributed by atoms with Crippen molar-refractivity contribution in [3.8, 4) is 11.3 Å². The van der Waals surface area contributed by atoms with Crippen LogP contribution < -0.4 is 5.32 Å². The Morgan fingerprint density at radius 2 is 1.96 bits per heavy atom. The number of nitrogens with one attached hydrogen (secondary N) is 1. The van der Waals surface area contributed by atoms with E-state index in [1.807, 2.05) is 0 Å². The molecule has 146 valence electrons. The molecule has 1 N–H and O–H groups in total. The van der Waals surface area contributed by atoms with Gasteiger partial charge in [0.05, 0.1) is 5.69 Å². The summed E-state index contributed by atoms with van der Waals surface area (Å²) < 4.78 is 41.4. The Bertz CT molecular complexity index is 1010. The van der Waals surface area contributed by atoms with Gasteiger partial charge in [0.15, 0.2) is 0 Å². The van der Waals surface area contributed by atoms with Gasteiger partial charge in [-0.3, -0.25) is 4.98 Å². The SMILES string of the molecule is CNCc1cc(-c2ccc(Cl)cc2F)n(S(=O)(=O)c2cccnc2)c1.Cl.Cl. The molecule has 0 spiro atoms. The van der Waals surface area contributed by atoms with Gasteiger partial charge in [-0.1, -0.05) is 11.6 Å². The molecule has 0 saturated heterocycles. The number of aromatic nitrogens is 2. The van der Waals surface area contributed by atoms with E-state index in [0.717, 1.165) is 10.0 Å². The fourth-order valence-corrected chi connectivity index (χ4v) is 4.02. The van der Waals surface area contributed by atoms with Crippen molar-refractivity contribution in [2.75, 3.05) is 7.05 Å². The quantitative estimate of drug-likeness (QED) is 0.632. The van der Waals surface area contributed by atoms with E-state index in [1.165, 1.54) is 42.9 Å². The van der Waals surface area contributed by atoms with E-state index in [-0.39, 0.29) is 46.0 Å². The summed E-state index contributed by atoms with van der Waals surface area (Å²) in [6.07, 6.45) is 4.22. The Labute approximate surface area is 174 Å². The van der Waals surface area contributed by atoms with Crippen molar-refractivity contribution >= 4 is 46.4 Å². The van der Waals surface area contributed by atoms with Crippen LogP contribution in [-0.2, 0) is 16.6 Å². The normalized spacial score (nSPS) is 10.8. The number of nitrogens with zero attached hydrogens (tertiary/aromatic N) is 2. The fourth-order valence-electron chi connectivity index (χ4n) is 2.50. The Hall–Kier alpha value is -1.64. The summed E-state index contributed by atoms with van der Waals surface area (Å²) in [6.45, 7) is 0.442. The van der Waals surface area contributed by atoms with Gasteiger partial charge in [0, 0.05) is 35.7 Å². The number of rotatable bonds is 5. The summed E-state index contributed by atoms with van der Waals surface area (Å²) in [5.41, 5.74) is 1.09. The van der Waals surface area contributed by atoms with Gasteiger partial charge < -0.3 is 5.32 Å². The van der Waals surface area contributed by atoms with Crippen LogP contribution in [0.25, 0.3) is 11.3 Å². The monoisotopic (exact) mass is 451 g/mol. The molecule has 2 heterocycles. The van der Waals surface area contributed by atoms with Gasteiger partial charge in [-0.05, 0) is 49.0 Å². The van der Waals surface area contributed by atoms with E-state index < -0.39 is 15.8 Å². The second-order valence-corrected chi connectivity index (χ2v) is 7.63. The average molecular weight is 453 g/mol. The van der Waals surface area contributed by atoms with E-state index in [2.05, 4.69) is 10.3 Å². The Kier molecular flexibility index (Phi) is 8.25. The summed E-state index contributed by atoms with van der Waals surface area (Å²) >= 11 is 5.80. The number of hydrogen-bond acceptors (Lipinski definition) is 4. The lowest BCUT2D eigenvalue weighted by atomic mass is 10.1. The predicted octanol–water partition coefficient (Wildman–Crippen LogP) is 4.14. The van der Waals surface area contributed by atoms with E-state index in [4.69, 9.17) is 11.6 Å². The van der Waals surface area contributed by atoms with Crippen LogP contribution in [0.2, 0.25) is 5.02 Å². The molecule has 3 rings (SSSR count). The largest absolute Gasteiger partial charge is 0.316 e. The smallest absolute Gasteiger partial charge is 0.269 e. The minimum absolute atomic E-state index is 0. The molecule has 0 aliphatic rings. The van der Waals surface area contributed by atoms with Gasteiger partial charge >= 0.3 is 0 Å². The highest BCUT2D eigenvalue weighted by Gasteiger charge is 2.23. The third kappa shape index (κ3) is 4.80. The molecule has 0 atom stereocenters. The standard InChI is InChI=1S/C17H15ClFN3O2S.2ClH/c1-20-9-12-7-17(15-5-4-13(18)8-16(15)19)22(11-12)25(23,24)14-3-2-6-21-10-14;;/h2-8,10-11,20H,9H2,1H3;2*1H. The zero-order valence-electron chi connectivity index (χ0n) is 14.1. The molecule has 0 unspecified atom stereocenters. The van der Waals surface area contributed by atoms with E-state index in [9.17, 15) is 12.8 Å². The first-order valence-electron chi connectivity index (χ1n) is 7.40. The van der Waals surface area contributed by atoms with Crippen molar-refractivity contribution in [1.82, 2.24) is 14.3 Å². The highest BCUT2D eigenvalue weighted by atomic mass is 35.5. The van der Waals surface area contributed by atoms with E-state index in [1.54, 1.807) is 13.1 Å². The first-order valence-corrected chi connectivity index (χ1v) is 9.22. The second kappa shape index (κ2) is 9.52. The highest BCUT2D eigenvalue weighted by Crippen LogP contribution is 2.30. The van der Waals surface area contributed by atoms with Crippen LogP contribution in [0.15, 0.2) is 59.9 Å². The zero-order chi connectivity index (χ0) is 18.0. The first kappa shape index (κ1) is 23.4. The minimum Gasteiger partial charge on any atom is -0.316 e. The molecule has 0 radical (unpaired) electrons. The topological polar surface area (TPSA) is 64.0 Å². The molecule has 10 heteroatoms. The maximum Gasteiger partial charge on any atom is 0.269 e. The Morgan fingerprint density at radius 3 is 2.56 bits per heavy atom. The molecule has 5 nitrogen and oxygen atoms in total. The molecule has 0 aliphatic carbocycles. The van der Waals surface area contributed by atoms with Gasteiger partial charge in [0.1, 0.15) is 10.7 Å². The third-order valence-corrected chi connectivity index (χ3v) is 5.51. The lowest BCUT2D eigenvalue weighted by Crippen LogP contribution is -2.14. The molecule has 0 aliphatic heterocycles. The van der Waals surface area contributed by atoms with Crippen LogP contribution in [0.5, 0.6) is 0 Å². The average Bonchev–Trinajstić information content (AvgIpc) is 3.00. The second-order valence-electron chi connectivity index (χ2n) is 5.38. The molecule has 1 aromatic carbocycles. The van der Waals surface area contributed by atoms with Crippen molar-refractivity contribution in [2.45, 2.75) is 11.4 Å². The summed E-state index contributed by atoms with van der Waals surface area (Å²) in [4.78, 5) is 3.88. The zero-order valence-corrected chi connectivity index (χ0v) is 17.3. The molecule has 3 aromatic rings. The van der Waals surface area contributed by atoms with Gasteiger partial charge in [-0.15, -0.1) is 24.8 Å². The van der Waals surface area contributed by atoms with Crippen molar-refractivity contribution in [1.29, 1.82) is 0 Å². The molecule has 0 amide bonds. The number of halogens is 4. The fraction of sp³-hybridized carbons (Fsp3) is 0.118. The number of benzene rings is 1. The summed E-state index contributed by atoms with van der Waals surface area (Å²) in [6, 6.07) is 8.76. The lowest BCUT2D eigenvalue weighted by molar-refractivity contribution is 0.587. The van der Waals surface area contributed by atoms with Crippen LogP contribution in [0.1, 0.15) is 5.56 Å². The van der Waals surface area contributed by atoms with Gasteiger partial charge in [0.2, 0.25) is 0 Å². The molecular formula is C17H17Cl3FN3O2S. The third-order valence-electron chi connectivity index (χ3n) is 3.62. The van der Waals surface area contributed by atoms with E-state index >= 15 is 0 Å². The van der Waals surface area contributed by atoms with Crippen molar-refractivity contribution in [2.24, 2.45) is 0 Å². The maximum atomic E-state index is 14.4. The van der Waals surface area contributed by atoms with Crippen molar-refractivity contribution in [3.63, 3.8) is 0 Å². The molecule has 27 heavy (non-hydrogen) atoms. The molecule has 0 fully saturated rings. The van der Waals surface area contributed by atoms with Gasteiger partial charge in [-0.2, -0.15) is 0 Å². The summed E-state index contributed by atoms with van der Waals surface area (Å²) in [7, 11) is -2.17. The van der Waals surface area contributed by atoms with Crippen LogP contribution in [-0.4, -0.2) is 24.4 Å². The van der Waals surface area contributed by atoms with Crippen LogP contribution >= 0.6 is 36.4 Å². The first-order chi connectivity index (χ1) is 11.9. The van der Waals surface area contributed by atoms with Crippen LogP contribution in [0.3, 0.4) is 0 Å². The minimum atomic E-state index is -3.92. The van der Waals surface area contributed by atoms with Crippen molar-refractivity contribution in [3.05, 3.63) is 71.4 Å². The maximum absolute atomic E-state index is 14.4. The molecule has 0 saturated carbocycles. The number of pyridine rings is 1. The molecular weight excluding hydrogens is 436 g/mol. The van der Waals surface area contributed by atoms with Gasteiger partial charge in [0.25, 0.3) is 10.0 Å². The Morgan fingerprint density at radius 1 is 1.22 bits per heavy atom. The summed E-state index contributed by atoms with van der Waals surface area (Å²) in [5.74, 6) is -0.593.